The van der Waals surface area contributed by atoms with E-state index >= 15 is 0 Å². The number of likely N-dealkylation sites (tertiary alicyclic amines) is 1. The van der Waals surface area contributed by atoms with Crippen molar-refractivity contribution in [3.05, 3.63) is 71.3 Å². The summed E-state index contributed by atoms with van der Waals surface area (Å²) in [6.45, 7) is 7.44. The molecule has 0 radical (unpaired) electrons. The van der Waals surface area contributed by atoms with Crippen LogP contribution in [0, 0.1) is 12.8 Å². The molecule has 1 saturated heterocycles. The molecule has 2 aromatic rings. The zero-order chi connectivity index (χ0) is 18.9. The van der Waals surface area contributed by atoms with E-state index in [-0.39, 0.29) is 24.0 Å². The van der Waals surface area contributed by atoms with Crippen LogP contribution in [-0.2, 0) is 13.0 Å². The van der Waals surface area contributed by atoms with Crippen LogP contribution >= 0.6 is 24.0 Å². The molecule has 5 heteroatoms. The molecule has 0 amide bonds. The third-order valence-corrected chi connectivity index (χ3v) is 5.25. The Morgan fingerprint density at radius 3 is 2.61 bits per heavy atom. The molecule has 152 valence electrons. The molecule has 2 N–H and O–H groups in total. The standard InChI is InChI=1S/C23H32N4.HI/c1-19-7-6-10-21(15-19)16-25-23(24-2)26-17-22-12-14-27(18-22)13-11-20-8-4-3-5-9-20;/h3-10,15,22H,11-14,16-18H2,1-2H3,(H2,24,25,26);1H. The molecule has 1 unspecified atom stereocenters. The van der Waals surface area contributed by atoms with Crippen molar-refractivity contribution in [1.29, 1.82) is 0 Å². The molecule has 1 heterocycles. The zero-order valence-electron chi connectivity index (χ0n) is 17.0. The molecule has 0 aromatic heterocycles. The fraction of sp³-hybridized carbons (Fsp3) is 0.435. The number of guanidine groups is 1. The lowest BCUT2D eigenvalue weighted by Crippen LogP contribution is -2.40. The minimum Gasteiger partial charge on any atom is -0.356 e. The number of benzene rings is 2. The molecule has 2 aromatic carbocycles. The third kappa shape index (κ3) is 7.43. The van der Waals surface area contributed by atoms with Crippen LogP contribution in [0.25, 0.3) is 0 Å². The van der Waals surface area contributed by atoms with Crippen LogP contribution in [0.5, 0.6) is 0 Å². The number of aliphatic imine (C=N–C) groups is 1. The Balaban J connectivity index is 0.00000280. The van der Waals surface area contributed by atoms with E-state index in [0.29, 0.717) is 5.92 Å². The number of aryl methyl sites for hydroxylation is 1. The molecule has 28 heavy (non-hydrogen) atoms. The summed E-state index contributed by atoms with van der Waals surface area (Å²) in [6, 6.07) is 19.4. The molecule has 4 nitrogen and oxygen atoms in total. The topological polar surface area (TPSA) is 39.7 Å². The Kier molecular flexibility index (Phi) is 9.78. The van der Waals surface area contributed by atoms with Crippen molar-refractivity contribution in [3.8, 4) is 0 Å². The highest BCUT2D eigenvalue weighted by molar-refractivity contribution is 14.0. The molecule has 0 bridgehead atoms. The van der Waals surface area contributed by atoms with Crippen molar-refractivity contribution in [2.45, 2.75) is 26.3 Å². The van der Waals surface area contributed by atoms with E-state index < -0.39 is 0 Å². The normalized spacial score (nSPS) is 17.2. The second-order valence-electron chi connectivity index (χ2n) is 7.49. The summed E-state index contributed by atoms with van der Waals surface area (Å²) in [5.41, 5.74) is 4.00. The van der Waals surface area contributed by atoms with E-state index in [0.717, 1.165) is 32.0 Å². The summed E-state index contributed by atoms with van der Waals surface area (Å²) in [5.74, 6) is 1.58. The van der Waals surface area contributed by atoms with E-state index in [1.807, 2.05) is 7.05 Å². The van der Waals surface area contributed by atoms with Gasteiger partial charge in [0.05, 0.1) is 0 Å². The molecule has 3 rings (SSSR count). The quantitative estimate of drug-likeness (QED) is 0.351. The Bertz CT molecular complexity index is 732. The maximum atomic E-state index is 4.36. The smallest absolute Gasteiger partial charge is 0.191 e. The lowest BCUT2D eigenvalue weighted by molar-refractivity contribution is 0.328. The number of halogens is 1. The van der Waals surface area contributed by atoms with Gasteiger partial charge >= 0.3 is 0 Å². The Labute approximate surface area is 186 Å². The van der Waals surface area contributed by atoms with Crippen LogP contribution in [0.2, 0.25) is 0 Å². The van der Waals surface area contributed by atoms with E-state index in [4.69, 9.17) is 0 Å². The highest BCUT2D eigenvalue weighted by Crippen LogP contribution is 2.16. The summed E-state index contributed by atoms with van der Waals surface area (Å²) in [4.78, 5) is 6.95. The largest absolute Gasteiger partial charge is 0.356 e. The van der Waals surface area contributed by atoms with Crippen LogP contribution in [0.15, 0.2) is 59.6 Å². The number of hydrogen-bond acceptors (Lipinski definition) is 2. The number of hydrogen-bond donors (Lipinski definition) is 2. The molecule has 1 aliphatic heterocycles. The van der Waals surface area contributed by atoms with Gasteiger partial charge in [-0.05, 0) is 43.4 Å². The van der Waals surface area contributed by atoms with Gasteiger partial charge in [0.1, 0.15) is 0 Å². The lowest BCUT2D eigenvalue weighted by atomic mass is 10.1. The highest BCUT2D eigenvalue weighted by Gasteiger charge is 2.22. The highest BCUT2D eigenvalue weighted by atomic mass is 127. The zero-order valence-corrected chi connectivity index (χ0v) is 19.4. The van der Waals surface area contributed by atoms with Gasteiger partial charge < -0.3 is 15.5 Å². The first-order chi connectivity index (χ1) is 13.2. The molecule has 0 spiro atoms. The van der Waals surface area contributed by atoms with Gasteiger partial charge in [-0.15, -0.1) is 24.0 Å². The van der Waals surface area contributed by atoms with Crippen molar-refractivity contribution in [1.82, 2.24) is 15.5 Å². The average molecular weight is 492 g/mol. The van der Waals surface area contributed by atoms with E-state index in [1.165, 1.54) is 36.2 Å². The van der Waals surface area contributed by atoms with Crippen molar-refractivity contribution in [2.75, 3.05) is 33.2 Å². The van der Waals surface area contributed by atoms with E-state index in [2.05, 4.69) is 82.0 Å². The van der Waals surface area contributed by atoms with Crippen LogP contribution in [-0.4, -0.2) is 44.1 Å². The first-order valence-electron chi connectivity index (χ1n) is 9.99. The maximum absolute atomic E-state index is 4.36. The van der Waals surface area contributed by atoms with Gasteiger partial charge in [0, 0.05) is 33.2 Å². The van der Waals surface area contributed by atoms with Gasteiger partial charge in [0.15, 0.2) is 5.96 Å². The predicted octanol–water partition coefficient (Wildman–Crippen LogP) is 3.84. The number of nitrogens with one attached hydrogen (secondary N) is 2. The Hall–Kier alpha value is -1.60. The average Bonchev–Trinajstić information content (AvgIpc) is 3.15. The summed E-state index contributed by atoms with van der Waals surface area (Å²) in [6.07, 6.45) is 2.40. The summed E-state index contributed by atoms with van der Waals surface area (Å²) in [7, 11) is 1.84. The van der Waals surface area contributed by atoms with Crippen molar-refractivity contribution in [3.63, 3.8) is 0 Å². The monoisotopic (exact) mass is 492 g/mol. The Morgan fingerprint density at radius 1 is 1.07 bits per heavy atom. The molecular weight excluding hydrogens is 459 g/mol. The molecule has 1 aliphatic rings. The van der Waals surface area contributed by atoms with Crippen LogP contribution in [0.1, 0.15) is 23.1 Å². The molecule has 1 fully saturated rings. The summed E-state index contributed by atoms with van der Waals surface area (Å²) >= 11 is 0. The van der Waals surface area contributed by atoms with E-state index in [9.17, 15) is 0 Å². The first kappa shape index (κ1) is 22.7. The lowest BCUT2D eigenvalue weighted by Gasteiger charge is -2.17. The molecular formula is C23H33IN4. The van der Waals surface area contributed by atoms with Crippen LogP contribution in [0.3, 0.4) is 0 Å². The minimum absolute atomic E-state index is 0. The van der Waals surface area contributed by atoms with Crippen molar-refractivity contribution < 1.29 is 0 Å². The van der Waals surface area contributed by atoms with Crippen molar-refractivity contribution in [2.24, 2.45) is 10.9 Å². The van der Waals surface area contributed by atoms with Gasteiger partial charge in [0.2, 0.25) is 0 Å². The van der Waals surface area contributed by atoms with Crippen LogP contribution in [0.4, 0.5) is 0 Å². The molecule has 1 atom stereocenters. The molecule has 0 saturated carbocycles. The molecule has 0 aliphatic carbocycles. The fourth-order valence-corrected chi connectivity index (χ4v) is 3.68. The van der Waals surface area contributed by atoms with Gasteiger partial charge in [-0.25, -0.2) is 0 Å². The SMILES string of the molecule is CN=C(NCc1cccc(C)c1)NCC1CCN(CCc2ccccc2)C1.I. The third-order valence-electron chi connectivity index (χ3n) is 5.25. The van der Waals surface area contributed by atoms with Gasteiger partial charge in [-0.1, -0.05) is 60.2 Å². The van der Waals surface area contributed by atoms with Gasteiger partial charge in [-0.2, -0.15) is 0 Å². The van der Waals surface area contributed by atoms with Gasteiger partial charge in [-0.3, -0.25) is 4.99 Å². The second kappa shape index (κ2) is 12.1. The minimum atomic E-state index is 0. The maximum Gasteiger partial charge on any atom is 0.191 e. The predicted molar refractivity (Wildman–Crippen MR) is 129 cm³/mol. The second-order valence-corrected chi connectivity index (χ2v) is 7.49. The number of nitrogens with zero attached hydrogens (tertiary/aromatic N) is 2. The van der Waals surface area contributed by atoms with Gasteiger partial charge in [0.25, 0.3) is 0 Å². The van der Waals surface area contributed by atoms with E-state index in [1.54, 1.807) is 0 Å². The fourth-order valence-electron chi connectivity index (χ4n) is 3.68. The van der Waals surface area contributed by atoms with Crippen LogP contribution < -0.4 is 10.6 Å². The van der Waals surface area contributed by atoms with Crippen molar-refractivity contribution >= 4 is 29.9 Å². The number of rotatable bonds is 7. The summed E-state index contributed by atoms with van der Waals surface area (Å²) in [5, 5.41) is 6.92. The Morgan fingerprint density at radius 2 is 1.86 bits per heavy atom. The first-order valence-corrected chi connectivity index (χ1v) is 9.99. The summed E-state index contributed by atoms with van der Waals surface area (Å²) < 4.78 is 0.